The number of H-pyrrole nitrogens is 3. The first-order valence-corrected chi connectivity index (χ1v) is 48.4. The second-order valence-corrected chi connectivity index (χ2v) is 39.4. The molecule has 0 spiro atoms. The van der Waals surface area contributed by atoms with Gasteiger partial charge in [-0.3, -0.25) is 56.6 Å². The number of benzene rings is 1. The van der Waals surface area contributed by atoms with Gasteiger partial charge in [-0.1, -0.05) is 58.0 Å². The van der Waals surface area contributed by atoms with Crippen LogP contribution in [0.4, 0.5) is 51.5 Å². The van der Waals surface area contributed by atoms with Crippen LogP contribution < -0.4 is 50.1 Å². The van der Waals surface area contributed by atoms with Crippen LogP contribution in [0, 0.1) is 11.8 Å². The standard InChI is InChI=1S/C34H47FN3O18P.C27H42FN4O17P.C21H32FN2O15P.ClH/c1-20(2)25(37-30(42)47-15-23-11-9-8-10-12-23)26(40)55-27-33(7,45)28(38-14-13-24(39)36-29(38)41)56-34(27,16-35)17-50-57(46,51-18-48-31(43)53-21(3)4)52-19-49-32(44)54-22(5)6;1-14(2)18(31-22(29)35)19(34)48-20-26(7,39)21(32-9-8-17(33)30-23(32)36)49-27(20,10-28)11-43-50(40,44-12-41-24(37)46-15(3)4)45-13-42-25(38)47-16(5)6;1-12(2)37-18(28)32-10-35-40(31,36-11-33-19(29)38-13(3)4)34-9-21(8-22)15(26)20(5,30)16(39-21)24-7-6-14(25)23-17(24)27;/h8-14,20-22,25,27-28,45H,15-19H2,1-7H3,(H,37,42)(H,36,39,41);8-9,14-16,18,20-21,39H,10-13H2,1-7H3,(H3,29,31,35)(H,30,33,36);6-7,12-13,15-16,26,30H,8-11H2,1-5H3,(H,23,25,27);1H/t25?,27-,28+,33+,34+;18?,20-,21+,26+,27+;15-,16+,20+,21+;/m000./s1. The number of carbonyl (C=O) groups excluding carboxylic acids is 10. The lowest BCUT2D eigenvalue weighted by molar-refractivity contribution is -0.179. The molecule has 3 aliphatic rings. The number of urea groups is 1. The Bertz CT molecular complexity index is 5500. The van der Waals surface area contributed by atoms with Gasteiger partial charge in [-0.2, -0.15) is 0 Å². The van der Waals surface area contributed by atoms with Crippen LogP contribution >= 0.6 is 35.9 Å². The summed E-state index contributed by atoms with van der Waals surface area (Å²) in [5.41, 5.74) is -15.2. The molecule has 3 fully saturated rings. The van der Waals surface area contributed by atoms with Crippen molar-refractivity contribution >= 4 is 96.9 Å². The molecule has 3 aromatic heterocycles. The zero-order valence-corrected chi connectivity index (χ0v) is 86.7. The average Bonchev–Trinajstić information content (AvgIpc) is 1.61. The van der Waals surface area contributed by atoms with Crippen LogP contribution in [0.15, 0.2) is 95.9 Å². The van der Waals surface area contributed by atoms with Crippen molar-refractivity contribution in [2.75, 3.05) is 80.6 Å². The molecular weight excluding hydrogens is 2100 g/mol. The number of aromatic nitrogens is 6. The van der Waals surface area contributed by atoms with Crippen molar-refractivity contribution in [3.05, 3.63) is 135 Å². The minimum Gasteiger partial charge on any atom is -0.454 e. The predicted molar refractivity (Wildman–Crippen MR) is 488 cm³/mol. The Morgan fingerprint density at radius 1 is 0.399 bits per heavy atom. The number of nitrogens with one attached hydrogen (secondary N) is 5. The fourth-order valence-corrected chi connectivity index (χ4v) is 15.7. The lowest BCUT2D eigenvalue weighted by atomic mass is 9.88. The lowest BCUT2D eigenvalue weighted by Gasteiger charge is -2.36. The number of aliphatic hydroxyl groups excluding tert-OH is 1. The van der Waals surface area contributed by atoms with Crippen molar-refractivity contribution in [3.63, 3.8) is 0 Å². The van der Waals surface area contributed by atoms with Gasteiger partial charge in [0.1, 0.15) is 61.6 Å². The Balaban J connectivity index is 0.000000468. The smallest absolute Gasteiger partial charge is 0.454 e. The van der Waals surface area contributed by atoms with Crippen molar-refractivity contribution in [1.82, 2.24) is 39.3 Å². The van der Waals surface area contributed by atoms with Crippen molar-refractivity contribution in [1.29, 1.82) is 0 Å². The second-order valence-electron chi connectivity index (χ2n) is 34.4. The summed E-state index contributed by atoms with van der Waals surface area (Å²) in [6.45, 7) is 11.7. The molecule has 0 radical (unpaired) electrons. The maximum absolute atomic E-state index is 15.5. The minimum atomic E-state index is -5.13. The number of nitrogens with two attached hydrogens (primary N) is 1. The number of phosphoric acid groups is 3. The van der Waals surface area contributed by atoms with E-state index in [2.05, 4.69) is 29.6 Å². The molecule has 3 aliphatic heterocycles. The fourth-order valence-electron chi connectivity index (χ4n) is 12.8. The maximum atomic E-state index is 15.5. The molecule has 0 saturated carbocycles. The SMILES string of the molecule is CC(C)OC(=O)OCOP(=O)(OCOC(=O)OC(C)C)OC[C@@]1(CF)O[C@@H](n2ccc(=O)[nH]c2=O)[C@](C)(O)[C@@H]1O.CC(C)OC(=O)OCOP(=O)(OCOC(=O)OC(C)C)OC[C@@]1(CF)O[C@@H](n2ccc(=O)[nH]c2=O)[C@](C)(O)[C@@H]1OC(=O)C(NC(=O)OCc1ccccc1)C(C)C.CC(C)OC(=O)OCOP(=O)(OCOC(=O)OC(C)C)OC[C@@]1(CF)O[C@@H](n2ccc(=O)[nH]c2=O)[C@](C)(O)[C@@H]1OC(=O)C(NC(N)=O)C(C)C.Cl. The van der Waals surface area contributed by atoms with Crippen LogP contribution in [-0.4, -0.2) is 291 Å². The topological polar surface area (TPSA) is 767 Å². The highest BCUT2D eigenvalue weighted by molar-refractivity contribution is 7.49. The molecular formula is C82H122ClF3N9O50P3. The average molecular weight is 2220 g/mol. The van der Waals surface area contributed by atoms with Gasteiger partial charge in [0.25, 0.3) is 16.7 Å². The zero-order chi connectivity index (χ0) is 111. The van der Waals surface area contributed by atoms with E-state index < -0.39 is 330 Å². The third kappa shape index (κ3) is 38.5. The summed E-state index contributed by atoms with van der Waals surface area (Å²) in [6, 6.07) is 7.24. The van der Waals surface area contributed by atoms with Gasteiger partial charge >= 0.3 is 102 Å². The van der Waals surface area contributed by atoms with Crippen LogP contribution in [0.5, 0.6) is 0 Å². The number of halogens is 4. The van der Waals surface area contributed by atoms with Crippen LogP contribution in [0.25, 0.3) is 0 Å². The monoisotopic (exact) mass is 2220 g/mol. The van der Waals surface area contributed by atoms with Crippen LogP contribution in [0.3, 0.4) is 0 Å². The van der Waals surface area contributed by atoms with E-state index in [0.29, 0.717) is 19.3 Å². The second kappa shape index (κ2) is 57.5. The molecule has 59 nitrogen and oxygen atoms in total. The number of amides is 3. The summed E-state index contributed by atoms with van der Waals surface area (Å²) in [4.78, 5) is 201. The van der Waals surface area contributed by atoms with Crippen molar-refractivity contribution in [3.8, 4) is 0 Å². The molecule has 4 aromatic rings. The molecule has 838 valence electrons. The quantitative estimate of drug-likeness (QED) is 0.00987. The number of rotatable bonds is 49. The summed E-state index contributed by atoms with van der Waals surface area (Å²) in [5, 5.41) is 49.8. The van der Waals surface area contributed by atoms with Crippen molar-refractivity contribution in [2.24, 2.45) is 17.6 Å². The molecule has 7 rings (SSSR count). The number of phosphoric ester groups is 3. The highest BCUT2D eigenvalue weighted by Crippen LogP contribution is 2.57. The van der Waals surface area contributed by atoms with Gasteiger partial charge in [0.05, 0.1) is 56.4 Å². The van der Waals surface area contributed by atoms with E-state index in [1.807, 2.05) is 15.0 Å². The number of hydrogen-bond acceptors (Lipinski definition) is 50. The highest BCUT2D eigenvalue weighted by Gasteiger charge is 2.69. The number of nitrogens with zero attached hydrogens (tertiary/aromatic N) is 3. The summed E-state index contributed by atoms with van der Waals surface area (Å²) < 4.78 is 223. The first-order chi connectivity index (χ1) is 68.4. The number of esters is 2. The van der Waals surface area contributed by atoms with Crippen LogP contribution in [0.2, 0.25) is 0 Å². The van der Waals surface area contributed by atoms with Crippen molar-refractivity contribution in [2.45, 2.75) is 257 Å². The van der Waals surface area contributed by atoms with E-state index >= 15 is 8.78 Å². The normalized spacial score (nSPS) is 22.5. The van der Waals surface area contributed by atoms with Crippen LogP contribution in [0.1, 0.15) is 156 Å². The summed E-state index contributed by atoms with van der Waals surface area (Å²) in [7, 11) is -15.1. The van der Waals surface area contributed by atoms with Gasteiger partial charge in [-0.15, -0.1) is 12.4 Å². The molecule has 11 N–H and O–H groups in total. The summed E-state index contributed by atoms with van der Waals surface area (Å²) in [5.74, 6) is -3.85. The van der Waals surface area contributed by atoms with E-state index in [0.717, 1.165) is 57.6 Å². The van der Waals surface area contributed by atoms with Gasteiger partial charge in [0.2, 0.25) is 40.8 Å². The first kappa shape index (κ1) is 129. The lowest BCUT2D eigenvalue weighted by Crippen LogP contribution is -2.58. The predicted octanol–water partition coefficient (Wildman–Crippen LogP) is 6.41. The molecule has 0 aliphatic carbocycles. The van der Waals surface area contributed by atoms with Gasteiger partial charge in [0, 0.05) is 36.8 Å². The molecule has 3 amide bonds. The molecule has 2 unspecified atom stereocenters. The summed E-state index contributed by atoms with van der Waals surface area (Å²) >= 11 is 0. The van der Waals surface area contributed by atoms with E-state index in [1.165, 1.54) is 111 Å². The van der Waals surface area contributed by atoms with E-state index in [9.17, 15) is 115 Å². The number of alkyl halides is 3. The highest BCUT2D eigenvalue weighted by atomic mass is 35.5. The number of carbonyl (C=O) groups is 10. The Morgan fingerprint density at radius 3 is 0.905 bits per heavy atom. The Labute approximate surface area is 844 Å². The summed E-state index contributed by atoms with van der Waals surface area (Å²) in [6.07, 6.45) is -21.4. The number of aliphatic hydroxyl groups is 4. The van der Waals surface area contributed by atoms with Gasteiger partial charge in [-0.25, -0.2) is 116 Å². The van der Waals surface area contributed by atoms with Gasteiger partial charge < -0.3 is 122 Å². The third-order valence-corrected chi connectivity index (χ3v) is 23.3. The Morgan fingerprint density at radius 2 is 0.655 bits per heavy atom. The molecule has 6 heterocycles. The largest absolute Gasteiger partial charge is 0.510 e. The number of primary amides is 1. The molecule has 148 heavy (non-hydrogen) atoms. The van der Waals surface area contributed by atoms with E-state index in [-0.39, 0.29) is 19.0 Å². The van der Waals surface area contributed by atoms with Gasteiger partial charge in [0.15, 0.2) is 47.7 Å². The number of alkyl carbamates (subject to hydrolysis) is 1. The first-order valence-electron chi connectivity index (χ1n) is 44.0. The van der Waals surface area contributed by atoms with Gasteiger partial charge in [-0.05, 0) is 121 Å². The number of aromatic amines is 3. The van der Waals surface area contributed by atoms with Crippen molar-refractivity contribution < 1.29 is 221 Å². The zero-order valence-electron chi connectivity index (χ0n) is 83.2. The number of hydrogen-bond donors (Lipinski definition) is 10. The van der Waals surface area contributed by atoms with E-state index in [1.54, 1.807) is 30.3 Å². The van der Waals surface area contributed by atoms with Crippen LogP contribution in [-0.2, 0) is 156 Å². The van der Waals surface area contributed by atoms with E-state index in [4.69, 9.17) is 113 Å². The fraction of sp³-hybridized carbons (Fsp3) is 0.659. The minimum absolute atomic E-state index is 0. The third-order valence-electron chi connectivity index (χ3n) is 19.4. The number of ether oxygens (including phenoxy) is 18. The molecule has 66 heteroatoms. The Kier molecular flexibility index (Phi) is 50.0. The molecule has 3 saturated heterocycles. The molecule has 0 bridgehead atoms. The molecule has 14 atom stereocenters. The maximum Gasteiger partial charge on any atom is 0.510 e. The molecule has 1 aromatic carbocycles. The Hall–Kier alpha value is -11.5.